The second kappa shape index (κ2) is 4.78. The quantitative estimate of drug-likeness (QED) is 0.535. The third-order valence-electron chi connectivity index (χ3n) is 3.25. The highest BCUT2D eigenvalue weighted by Crippen LogP contribution is 2.24. The molecule has 82 valence electrons. The number of nitrogens with two attached hydrogens (primary N) is 1. The molecule has 1 fully saturated rings. The number of hydrogen-bond donors (Lipinski definition) is 2. The van der Waals surface area contributed by atoms with Gasteiger partial charge in [0.25, 0.3) is 0 Å². The van der Waals surface area contributed by atoms with Crippen molar-refractivity contribution in [3.8, 4) is 0 Å². The molecule has 3 N–H and O–H groups in total. The van der Waals surface area contributed by atoms with Crippen LogP contribution in [0.4, 0.5) is 0 Å². The molecule has 0 saturated carbocycles. The standard InChI is InChI=1S/C11H23N3/c1-8-4-5-9(2)14(7-8)10(3)6-11(12)13/h8-10H,4-7H2,1-3H3,(H3,12,13). The molecule has 14 heavy (non-hydrogen) atoms. The first kappa shape index (κ1) is 11.5. The lowest BCUT2D eigenvalue weighted by molar-refractivity contribution is 0.0874. The summed E-state index contributed by atoms with van der Waals surface area (Å²) in [6.45, 7) is 7.92. The molecule has 1 rings (SSSR count). The van der Waals surface area contributed by atoms with Crippen LogP contribution in [0.3, 0.4) is 0 Å². The molecule has 3 heteroatoms. The number of hydrogen-bond acceptors (Lipinski definition) is 2. The van der Waals surface area contributed by atoms with Crippen molar-refractivity contribution in [1.82, 2.24) is 4.90 Å². The maximum absolute atomic E-state index is 7.31. The van der Waals surface area contributed by atoms with E-state index in [4.69, 9.17) is 11.1 Å². The van der Waals surface area contributed by atoms with Gasteiger partial charge in [-0.05, 0) is 32.6 Å². The molecule has 1 aliphatic heterocycles. The van der Waals surface area contributed by atoms with Crippen LogP contribution in [0.1, 0.15) is 40.0 Å². The predicted octanol–water partition coefficient (Wildman–Crippen LogP) is 1.82. The maximum atomic E-state index is 7.31. The summed E-state index contributed by atoms with van der Waals surface area (Å²) < 4.78 is 0. The minimum atomic E-state index is 0.308. The fourth-order valence-corrected chi connectivity index (χ4v) is 2.37. The minimum absolute atomic E-state index is 0.308. The van der Waals surface area contributed by atoms with Gasteiger partial charge in [0.1, 0.15) is 0 Å². The van der Waals surface area contributed by atoms with Crippen LogP contribution in [-0.2, 0) is 0 Å². The molecule has 1 heterocycles. The monoisotopic (exact) mass is 197 g/mol. The Hall–Kier alpha value is -0.570. The smallest absolute Gasteiger partial charge is 0.0920 e. The Morgan fingerprint density at radius 3 is 2.71 bits per heavy atom. The highest BCUT2D eigenvalue weighted by atomic mass is 15.2. The second-order valence-electron chi connectivity index (χ2n) is 4.81. The Kier molecular flexibility index (Phi) is 3.93. The zero-order chi connectivity index (χ0) is 10.7. The zero-order valence-corrected chi connectivity index (χ0v) is 9.59. The molecule has 0 spiro atoms. The van der Waals surface area contributed by atoms with Crippen LogP contribution in [0.25, 0.3) is 0 Å². The molecule has 0 aliphatic carbocycles. The van der Waals surface area contributed by atoms with Crippen molar-refractivity contribution in [1.29, 1.82) is 5.41 Å². The fourth-order valence-electron chi connectivity index (χ4n) is 2.37. The third kappa shape index (κ3) is 2.98. The Bertz CT molecular complexity index is 203. The summed E-state index contributed by atoms with van der Waals surface area (Å²) in [5, 5.41) is 7.31. The Morgan fingerprint density at radius 1 is 1.50 bits per heavy atom. The molecule has 0 aromatic rings. The molecular weight excluding hydrogens is 174 g/mol. The molecule has 1 aliphatic rings. The van der Waals surface area contributed by atoms with Crippen LogP contribution in [0.15, 0.2) is 0 Å². The molecule has 0 aromatic heterocycles. The summed E-state index contributed by atoms with van der Waals surface area (Å²) in [7, 11) is 0. The topological polar surface area (TPSA) is 53.1 Å². The Balaban J connectivity index is 2.51. The average molecular weight is 197 g/mol. The largest absolute Gasteiger partial charge is 0.388 e. The Morgan fingerprint density at radius 2 is 2.14 bits per heavy atom. The van der Waals surface area contributed by atoms with E-state index in [1.165, 1.54) is 12.8 Å². The van der Waals surface area contributed by atoms with E-state index in [0.29, 0.717) is 24.3 Å². The van der Waals surface area contributed by atoms with Gasteiger partial charge in [0.15, 0.2) is 0 Å². The van der Waals surface area contributed by atoms with Gasteiger partial charge < -0.3 is 5.73 Å². The highest BCUT2D eigenvalue weighted by molar-refractivity contribution is 5.77. The lowest BCUT2D eigenvalue weighted by Gasteiger charge is -2.40. The fraction of sp³-hybridized carbons (Fsp3) is 0.909. The van der Waals surface area contributed by atoms with Crippen molar-refractivity contribution in [3.05, 3.63) is 0 Å². The number of piperidine rings is 1. The first-order chi connectivity index (χ1) is 6.50. The number of rotatable bonds is 3. The molecule has 3 unspecified atom stereocenters. The maximum Gasteiger partial charge on any atom is 0.0920 e. The van der Waals surface area contributed by atoms with Crippen LogP contribution in [0, 0.1) is 11.3 Å². The van der Waals surface area contributed by atoms with Gasteiger partial charge in [0.05, 0.1) is 5.84 Å². The highest BCUT2D eigenvalue weighted by Gasteiger charge is 2.26. The number of nitrogens with one attached hydrogen (secondary N) is 1. The molecule has 0 amide bonds. The first-order valence-electron chi connectivity index (χ1n) is 5.59. The molecule has 0 aromatic carbocycles. The lowest BCUT2D eigenvalue weighted by Crippen LogP contribution is -2.47. The summed E-state index contributed by atoms with van der Waals surface area (Å²) in [5.41, 5.74) is 5.44. The van der Waals surface area contributed by atoms with E-state index in [1.807, 2.05) is 0 Å². The number of amidine groups is 1. The van der Waals surface area contributed by atoms with Crippen molar-refractivity contribution in [2.75, 3.05) is 6.54 Å². The lowest BCUT2D eigenvalue weighted by atomic mass is 9.93. The van der Waals surface area contributed by atoms with Crippen molar-refractivity contribution in [2.24, 2.45) is 11.7 Å². The van der Waals surface area contributed by atoms with E-state index in [1.54, 1.807) is 0 Å². The van der Waals surface area contributed by atoms with Gasteiger partial charge in [-0.2, -0.15) is 0 Å². The van der Waals surface area contributed by atoms with Gasteiger partial charge in [-0.1, -0.05) is 6.92 Å². The van der Waals surface area contributed by atoms with Gasteiger partial charge in [0, 0.05) is 25.0 Å². The van der Waals surface area contributed by atoms with E-state index >= 15 is 0 Å². The van der Waals surface area contributed by atoms with Crippen LogP contribution >= 0.6 is 0 Å². The van der Waals surface area contributed by atoms with E-state index in [2.05, 4.69) is 25.7 Å². The summed E-state index contributed by atoms with van der Waals surface area (Å²) >= 11 is 0. The number of likely N-dealkylation sites (tertiary alicyclic amines) is 1. The van der Waals surface area contributed by atoms with Crippen molar-refractivity contribution >= 4 is 5.84 Å². The molecule has 1 saturated heterocycles. The van der Waals surface area contributed by atoms with Crippen LogP contribution in [0.2, 0.25) is 0 Å². The van der Waals surface area contributed by atoms with Crippen molar-refractivity contribution in [2.45, 2.75) is 52.1 Å². The first-order valence-corrected chi connectivity index (χ1v) is 5.59. The normalized spacial score (nSPS) is 31.4. The van der Waals surface area contributed by atoms with E-state index in [-0.39, 0.29) is 0 Å². The summed E-state index contributed by atoms with van der Waals surface area (Å²) in [5.74, 6) is 1.10. The van der Waals surface area contributed by atoms with Crippen molar-refractivity contribution in [3.63, 3.8) is 0 Å². The third-order valence-corrected chi connectivity index (χ3v) is 3.25. The van der Waals surface area contributed by atoms with Crippen LogP contribution < -0.4 is 5.73 Å². The van der Waals surface area contributed by atoms with Crippen LogP contribution in [-0.4, -0.2) is 29.4 Å². The molecule has 0 radical (unpaired) electrons. The van der Waals surface area contributed by atoms with Crippen LogP contribution in [0.5, 0.6) is 0 Å². The SMILES string of the molecule is CC1CCC(C)N(C(C)CC(=N)N)C1. The van der Waals surface area contributed by atoms with Gasteiger partial charge in [-0.15, -0.1) is 0 Å². The molecule has 0 bridgehead atoms. The summed E-state index contributed by atoms with van der Waals surface area (Å²) in [6.07, 6.45) is 3.32. The predicted molar refractivity (Wildman–Crippen MR) is 60.6 cm³/mol. The van der Waals surface area contributed by atoms with Gasteiger partial charge in [-0.3, -0.25) is 10.3 Å². The molecule has 3 nitrogen and oxygen atoms in total. The van der Waals surface area contributed by atoms with E-state index in [9.17, 15) is 0 Å². The van der Waals surface area contributed by atoms with Gasteiger partial charge in [-0.25, -0.2) is 0 Å². The van der Waals surface area contributed by atoms with Gasteiger partial charge >= 0.3 is 0 Å². The van der Waals surface area contributed by atoms with E-state index in [0.717, 1.165) is 12.5 Å². The zero-order valence-electron chi connectivity index (χ0n) is 9.59. The minimum Gasteiger partial charge on any atom is -0.388 e. The average Bonchev–Trinajstić information content (AvgIpc) is 2.08. The Labute approximate surface area is 87.2 Å². The van der Waals surface area contributed by atoms with Gasteiger partial charge in [0.2, 0.25) is 0 Å². The number of nitrogens with zero attached hydrogens (tertiary/aromatic N) is 1. The van der Waals surface area contributed by atoms with Crippen molar-refractivity contribution < 1.29 is 0 Å². The summed E-state index contributed by atoms with van der Waals surface area (Å²) in [6, 6.07) is 1.07. The second-order valence-corrected chi connectivity index (χ2v) is 4.81. The van der Waals surface area contributed by atoms with E-state index < -0.39 is 0 Å². The summed E-state index contributed by atoms with van der Waals surface area (Å²) in [4.78, 5) is 2.50. The molecular formula is C11H23N3. The molecule has 3 atom stereocenters.